The molecule has 228 valence electrons. The van der Waals surface area contributed by atoms with Crippen molar-refractivity contribution < 1.29 is 23.5 Å². The number of nitrogens with one attached hydrogen (secondary N) is 2. The zero-order chi connectivity index (χ0) is 31.4. The predicted octanol–water partition coefficient (Wildman–Crippen LogP) is 7.05. The third-order valence-electron chi connectivity index (χ3n) is 6.95. The second-order valence-corrected chi connectivity index (χ2v) is 11.7. The molecule has 1 aliphatic rings. The molecule has 0 spiro atoms. The van der Waals surface area contributed by atoms with Crippen LogP contribution in [0.5, 0.6) is 0 Å². The highest BCUT2D eigenvalue weighted by Gasteiger charge is 2.23. The molecule has 9 heteroatoms. The fourth-order valence-electron chi connectivity index (χ4n) is 4.81. The van der Waals surface area contributed by atoms with Crippen LogP contribution < -0.4 is 16.4 Å². The van der Waals surface area contributed by atoms with Crippen molar-refractivity contribution in [2.24, 2.45) is 11.7 Å². The molecule has 0 aromatic heterocycles. The van der Waals surface area contributed by atoms with E-state index in [0.29, 0.717) is 11.5 Å². The van der Waals surface area contributed by atoms with E-state index in [0.717, 1.165) is 24.0 Å². The lowest BCUT2D eigenvalue weighted by Gasteiger charge is -2.23. The second-order valence-electron chi connectivity index (χ2n) is 11.3. The van der Waals surface area contributed by atoms with Crippen molar-refractivity contribution in [3.63, 3.8) is 0 Å². The lowest BCUT2D eigenvalue weighted by atomic mass is 9.88. The van der Waals surface area contributed by atoms with Crippen molar-refractivity contribution in [3.05, 3.63) is 88.2 Å². The van der Waals surface area contributed by atoms with Crippen molar-refractivity contribution in [1.82, 2.24) is 10.6 Å². The van der Waals surface area contributed by atoms with Crippen LogP contribution in [0.3, 0.4) is 0 Å². The highest BCUT2D eigenvalue weighted by molar-refractivity contribution is 6.32. The van der Waals surface area contributed by atoms with E-state index in [2.05, 4.69) is 17.2 Å². The van der Waals surface area contributed by atoms with Crippen LogP contribution in [-0.2, 0) is 14.3 Å². The molecule has 1 saturated carbocycles. The number of carbonyl (C=O) groups excluding carboxylic acids is 3. The Hall–Kier alpha value is -3.65. The number of ether oxygens (including phenoxy) is 1. The summed E-state index contributed by atoms with van der Waals surface area (Å²) in [6, 6.07) is 14.6. The van der Waals surface area contributed by atoms with Gasteiger partial charge in [-0.05, 0) is 63.8 Å². The predicted molar refractivity (Wildman–Crippen MR) is 167 cm³/mol. The first-order valence-corrected chi connectivity index (χ1v) is 14.5. The van der Waals surface area contributed by atoms with Crippen LogP contribution in [0.2, 0.25) is 5.02 Å². The minimum absolute atomic E-state index is 0.0136. The summed E-state index contributed by atoms with van der Waals surface area (Å²) in [6.07, 6.45) is 5.43. The normalized spacial score (nSPS) is 14.8. The summed E-state index contributed by atoms with van der Waals surface area (Å²) < 4.78 is 19.7. The first-order chi connectivity index (χ1) is 19.7. The van der Waals surface area contributed by atoms with Crippen LogP contribution >= 0.6 is 11.6 Å². The molecule has 3 rings (SSSR count). The second kappa shape index (κ2) is 16.1. The summed E-state index contributed by atoms with van der Waals surface area (Å²) in [5.74, 6) is -1.32. The standard InChI is InChI=1S/C25H28ClFN2O3.C8H15NO/c1-15(23(28)30)22(16(2)27)19-13-18(11-12-21(19)26)20(17-9-7-6-8-10-17)14-29-24(31)32-25(3,4)5;1-9-8(10)7-5-3-2-4-6-7/h6-13,20H,2,14H2,1,3-5H3,(H2,28,30)(H,29,31);7H,2-6H2,1H3,(H,9,10)/b22-15-;. The third kappa shape index (κ3) is 10.6. The maximum absolute atomic E-state index is 14.3. The van der Waals surface area contributed by atoms with E-state index >= 15 is 0 Å². The Balaban J connectivity index is 0.000000518. The molecule has 0 bridgehead atoms. The van der Waals surface area contributed by atoms with E-state index in [1.54, 1.807) is 46.0 Å². The van der Waals surface area contributed by atoms with Gasteiger partial charge in [-0.15, -0.1) is 0 Å². The molecule has 7 nitrogen and oxygen atoms in total. The number of hydrogen-bond donors (Lipinski definition) is 3. The number of primary amides is 1. The zero-order valence-electron chi connectivity index (χ0n) is 25.2. The van der Waals surface area contributed by atoms with Gasteiger partial charge in [-0.25, -0.2) is 9.18 Å². The monoisotopic (exact) mass is 599 g/mol. The molecular formula is C33H43ClFN3O4. The molecule has 2 aromatic rings. The number of allylic oxidation sites excluding steroid dienone is 2. The molecule has 42 heavy (non-hydrogen) atoms. The Morgan fingerprint density at radius 3 is 2.21 bits per heavy atom. The number of amides is 3. The fraction of sp³-hybridized carbons (Fsp3) is 0.424. The van der Waals surface area contributed by atoms with E-state index in [-0.39, 0.29) is 34.5 Å². The van der Waals surface area contributed by atoms with Crippen molar-refractivity contribution in [2.75, 3.05) is 13.6 Å². The Kier molecular flexibility index (Phi) is 13.3. The van der Waals surface area contributed by atoms with Gasteiger partial charge in [0.15, 0.2) is 0 Å². The fourth-order valence-corrected chi connectivity index (χ4v) is 5.02. The van der Waals surface area contributed by atoms with Gasteiger partial charge in [0.05, 0.1) is 0 Å². The molecule has 0 heterocycles. The number of benzene rings is 2. The third-order valence-corrected chi connectivity index (χ3v) is 7.28. The van der Waals surface area contributed by atoms with Gasteiger partial charge >= 0.3 is 6.09 Å². The number of alkyl carbamates (subject to hydrolysis) is 1. The van der Waals surface area contributed by atoms with Gasteiger partial charge in [-0.3, -0.25) is 9.59 Å². The van der Waals surface area contributed by atoms with Crippen LogP contribution in [0.15, 0.2) is 66.5 Å². The Labute approximate surface area is 253 Å². The summed E-state index contributed by atoms with van der Waals surface area (Å²) in [7, 11) is 1.72. The quantitative estimate of drug-likeness (QED) is 0.223. The lowest BCUT2D eigenvalue weighted by molar-refractivity contribution is -0.125. The van der Waals surface area contributed by atoms with Crippen LogP contribution in [0.1, 0.15) is 82.4 Å². The van der Waals surface area contributed by atoms with E-state index in [1.807, 2.05) is 30.3 Å². The first kappa shape index (κ1) is 34.6. The summed E-state index contributed by atoms with van der Waals surface area (Å²) >= 11 is 6.35. The Morgan fingerprint density at radius 2 is 1.69 bits per heavy atom. The van der Waals surface area contributed by atoms with Gasteiger partial charge in [0.25, 0.3) is 0 Å². The molecule has 1 aliphatic carbocycles. The average Bonchev–Trinajstić information content (AvgIpc) is 2.94. The zero-order valence-corrected chi connectivity index (χ0v) is 25.9. The molecule has 4 N–H and O–H groups in total. The Bertz CT molecular complexity index is 1280. The number of carbonyl (C=O) groups is 3. The lowest BCUT2D eigenvalue weighted by Crippen LogP contribution is -2.35. The van der Waals surface area contributed by atoms with Crippen molar-refractivity contribution in [3.8, 4) is 0 Å². The molecule has 1 unspecified atom stereocenters. The number of nitrogens with two attached hydrogens (primary N) is 1. The van der Waals surface area contributed by atoms with Crippen LogP contribution in [0, 0.1) is 5.92 Å². The van der Waals surface area contributed by atoms with E-state index in [9.17, 15) is 18.8 Å². The van der Waals surface area contributed by atoms with Crippen molar-refractivity contribution in [1.29, 1.82) is 0 Å². The van der Waals surface area contributed by atoms with Crippen molar-refractivity contribution in [2.45, 2.75) is 71.3 Å². The molecule has 0 radical (unpaired) electrons. The smallest absolute Gasteiger partial charge is 0.407 e. The molecule has 1 fully saturated rings. The van der Waals surface area contributed by atoms with Gasteiger partial charge in [-0.2, -0.15) is 0 Å². The molecule has 0 aliphatic heterocycles. The molecule has 0 saturated heterocycles. The van der Waals surface area contributed by atoms with Gasteiger partial charge in [0.2, 0.25) is 11.8 Å². The van der Waals surface area contributed by atoms with Gasteiger partial charge in [0.1, 0.15) is 11.4 Å². The van der Waals surface area contributed by atoms with E-state index in [1.165, 1.54) is 26.2 Å². The summed E-state index contributed by atoms with van der Waals surface area (Å²) in [6.45, 7) is 10.3. The minimum atomic E-state index is -0.816. The van der Waals surface area contributed by atoms with Gasteiger partial charge < -0.3 is 21.1 Å². The number of hydrogen-bond acceptors (Lipinski definition) is 4. The summed E-state index contributed by atoms with van der Waals surface area (Å²) in [4.78, 5) is 35.0. The average molecular weight is 600 g/mol. The van der Waals surface area contributed by atoms with E-state index < -0.39 is 23.4 Å². The highest BCUT2D eigenvalue weighted by Crippen LogP contribution is 2.35. The first-order valence-electron chi connectivity index (χ1n) is 14.1. The largest absolute Gasteiger partial charge is 0.444 e. The number of rotatable bonds is 8. The maximum atomic E-state index is 14.3. The Morgan fingerprint density at radius 1 is 1.07 bits per heavy atom. The maximum Gasteiger partial charge on any atom is 0.407 e. The van der Waals surface area contributed by atoms with E-state index in [4.69, 9.17) is 22.1 Å². The SMILES string of the molecule is C=C(F)/C(=C(\C)C(N)=O)c1cc(C(CNC(=O)OC(C)(C)C)c2ccccc2)ccc1Cl.CNC(=O)C1CCCCC1. The van der Waals surface area contributed by atoms with Gasteiger partial charge in [0, 0.05) is 47.2 Å². The molecule has 1 atom stereocenters. The molecule has 3 amide bonds. The van der Waals surface area contributed by atoms with Crippen molar-refractivity contribution >= 4 is 35.1 Å². The molecular weight excluding hydrogens is 557 g/mol. The summed E-state index contributed by atoms with van der Waals surface area (Å²) in [5, 5.41) is 5.73. The van der Waals surface area contributed by atoms with Crippen LogP contribution in [0.4, 0.5) is 9.18 Å². The van der Waals surface area contributed by atoms with Crippen LogP contribution in [0.25, 0.3) is 5.57 Å². The van der Waals surface area contributed by atoms with Gasteiger partial charge in [-0.1, -0.05) is 73.8 Å². The topological polar surface area (TPSA) is 111 Å². The molecule has 2 aromatic carbocycles. The number of halogens is 2. The minimum Gasteiger partial charge on any atom is -0.444 e. The van der Waals surface area contributed by atoms with Crippen LogP contribution in [-0.4, -0.2) is 37.1 Å². The highest BCUT2D eigenvalue weighted by atomic mass is 35.5. The summed E-state index contributed by atoms with van der Waals surface area (Å²) in [5.41, 5.74) is 6.68.